The van der Waals surface area contributed by atoms with E-state index in [1.165, 1.54) is 24.3 Å². The number of ether oxygens (including phenoxy) is 1. The summed E-state index contributed by atoms with van der Waals surface area (Å²) in [5, 5.41) is 2.84. The fraction of sp³-hybridized carbons (Fsp3) is 0.133. The maximum atomic E-state index is 12.8. The Hall–Kier alpha value is -2.30. The predicted molar refractivity (Wildman–Crippen MR) is 95.9 cm³/mol. The number of nitrogens with one attached hydrogen (secondary N) is 2. The van der Waals surface area contributed by atoms with Crippen LogP contribution in [0, 0.1) is 0 Å². The van der Waals surface area contributed by atoms with Crippen LogP contribution >= 0.6 is 11.6 Å². The lowest BCUT2D eigenvalue weighted by molar-refractivity contribution is -0.118. The van der Waals surface area contributed by atoms with E-state index >= 15 is 0 Å². The Balaban J connectivity index is 2.14. The average Bonchev–Trinajstić information content (AvgIpc) is 2.54. The first kappa shape index (κ1) is 18.5. The van der Waals surface area contributed by atoms with Crippen molar-refractivity contribution in [1.82, 2.24) is 0 Å². The molecule has 0 atom stereocenters. The fourth-order valence-electron chi connectivity index (χ4n) is 2.28. The quantitative estimate of drug-likeness (QED) is 0.785. The molecule has 26 heavy (non-hydrogen) atoms. The monoisotopic (exact) mass is 416 g/mol. The molecule has 11 heteroatoms. The number of halogens is 1. The Morgan fingerprint density at radius 2 is 1.77 bits per heavy atom. The molecule has 0 fully saturated rings. The minimum atomic E-state index is -4.20. The van der Waals surface area contributed by atoms with Gasteiger partial charge in [-0.2, -0.15) is 0 Å². The van der Waals surface area contributed by atoms with Crippen molar-refractivity contribution >= 4 is 48.7 Å². The number of amides is 1. The van der Waals surface area contributed by atoms with E-state index in [2.05, 4.69) is 10.0 Å². The maximum Gasteiger partial charge on any atom is 0.265 e. The largest absolute Gasteiger partial charge is 0.480 e. The SMILES string of the molecule is CS(=O)(=O)c1cc2c(c(S(=O)(=O)Nc3ccc(Cl)cc3)c1)OCC(=O)N2. The second-order valence-electron chi connectivity index (χ2n) is 5.52. The molecule has 3 rings (SSSR count). The highest BCUT2D eigenvalue weighted by molar-refractivity contribution is 7.93. The van der Waals surface area contributed by atoms with Crippen molar-refractivity contribution in [2.75, 3.05) is 22.9 Å². The summed E-state index contributed by atoms with van der Waals surface area (Å²) in [6, 6.07) is 8.05. The second-order valence-corrected chi connectivity index (χ2v) is 9.62. The van der Waals surface area contributed by atoms with E-state index in [0.29, 0.717) is 5.02 Å². The lowest BCUT2D eigenvalue weighted by Crippen LogP contribution is -2.27. The first-order chi connectivity index (χ1) is 12.1. The van der Waals surface area contributed by atoms with Gasteiger partial charge in [0.2, 0.25) is 0 Å². The number of benzene rings is 2. The van der Waals surface area contributed by atoms with Crippen molar-refractivity contribution in [2.45, 2.75) is 9.79 Å². The van der Waals surface area contributed by atoms with Crippen molar-refractivity contribution in [2.24, 2.45) is 0 Å². The molecule has 1 heterocycles. The first-order valence-electron chi connectivity index (χ1n) is 7.15. The molecule has 0 aromatic heterocycles. The van der Waals surface area contributed by atoms with Crippen molar-refractivity contribution in [1.29, 1.82) is 0 Å². The van der Waals surface area contributed by atoms with Crippen LogP contribution in [0.25, 0.3) is 0 Å². The van der Waals surface area contributed by atoms with Crippen molar-refractivity contribution < 1.29 is 26.4 Å². The number of sulfonamides is 1. The smallest absolute Gasteiger partial charge is 0.265 e. The van der Waals surface area contributed by atoms with Crippen molar-refractivity contribution in [3.05, 3.63) is 41.4 Å². The Labute approximate surface area is 155 Å². The van der Waals surface area contributed by atoms with Crippen LogP contribution in [0.2, 0.25) is 5.02 Å². The molecular formula is C15H13ClN2O6S2. The molecule has 0 spiro atoms. The summed E-state index contributed by atoms with van der Waals surface area (Å²) < 4.78 is 56.9. The summed E-state index contributed by atoms with van der Waals surface area (Å²) >= 11 is 5.78. The zero-order valence-corrected chi connectivity index (χ0v) is 15.7. The molecule has 2 aromatic carbocycles. The van der Waals surface area contributed by atoms with E-state index in [9.17, 15) is 21.6 Å². The molecule has 8 nitrogen and oxygen atoms in total. The van der Waals surface area contributed by atoms with Gasteiger partial charge in [0.25, 0.3) is 15.9 Å². The summed E-state index contributed by atoms with van der Waals surface area (Å²) in [5.41, 5.74) is 0.202. The maximum absolute atomic E-state index is 12.8. The molecule has 1 aliphatic heterocycles. The third-order valence-corrected chi connectivity index (χ3v) is 6.19. The summed E-state index contributed by atoms with van der Waals surface area (Å²) in [6.07, 6.45) is 0.934. The van der Waals surface area contributed by atoms with E-state index in [-0.39, 0.29) is 28.6 Å². The van der Waals surface area contributed by atoms with Gasteiger partial charge in [0.15, 0.2) is 22.2 Å². The summed E-state index contributed by atoms with van der Waals surface area (Å²) in [5.74, 6) is -0.643. The number of hydrogen-bond acceptors (Lipinski definition) is 6. The van der Waals surface area contributed by atoms with Crippen LogP contribution in [0.5, 0.6) is 5.75 Å². The zero-order chi connectivity index (χ0) is 19.1. The van der Waals surface area contributed by atoms with Crippen LogP contribution in [0.4, 0.5) is 11.4 Å². The third-order valence-electron chi connectivity index (χ3n) is 3.46. The lowest BCUT2D eigenvalue weighted by atomic mass is 10.2. The van der Waals surface area contributed by atoms with Gasteiger partial charge in [-0.05, 0) is 36.4 Å². The Kier molecular flexibility index (Phi) is 4.59. The van der Waals surface area contributed by atoms with Gasteiger partial charge in [-0.1, -0.05) is 11.6 Å². The van der Waals surface area contributed by atoms with Crippen LogP contribution in [0.15, 0.2) is 46.2 Å². The lowest BCUT2D eigenvalue weighted by Gasteiger charge is -2.22. The van der Waals surface area contributed by atoms with E-state index in [1.54, 1.807) is 0 Å². The Bertz CT molecular complexity index is 1100. The molecule has 138 valence electrons. The molecule has 0 saturated carbocycles. The fourth-order valence-corrected chi connectivity index (χ4v) is 4.40. The van der Waals surface area contributed by atoms with Crippen molar-refractivity contribution in [3.63, 3.8) is 0 Å². The standard InChI is InChI=1S/C15H13ClN2O6S2/c1-25(20,21)11-6-12-15(24-8-14(19)17-12)13(7-11)26(22,23)18-10-4-2-9(16)3-5-10/h2-7,18H,8H2,1H3,(H,17,19). The first-order valence-corrected chi connectivity index (χ1v) is 10.9. The molecule has 0 saturated heterocycles. The molecule has 0 radical (unpaired) electrons. The number of hydrogen-bond donors (Lipinski definition) is 2. The van der Waals surface area contributed by atoms with Gasteiger partial charge in [0.1, 0.15) is 4.90 Å². The van der Waals surface area contributed by atoms with E-state index in [1.807, 2.05) is 0 Å². The predicted octanol–water partition coefficient (Wildman–Crippen LogP) is 1.88. The van der Waals surface area contributed by atoms with Gasteiger partial charge < -0.3 is 10.1 Å². The van der Waals surface area contributed by atoms with Crippen molar-refractivity contribution in [3.8, 4) is 5.75 Å². The molecule has 0 aliphatic carbocycles. The van der Waals surface area contributed by atoms with E-state index in [4.69, 9.17) is 16.3 Å². The van der Waals surface area contributed by atoms with Crippen LogP contribution in [0.1, 0.15) is 0 Å². The van der Waals surface area contributed by atoms with Crippen LogP contribution < -0.4 is 14.8 Å². The van der Waals surface area contributed by atoms with Gasteiger partial charge >= 0.3 is 0 Å². The topological polar surface area (TPSA) is 119 Å². The summed E-state index contributed by atoms with van der Waals surface area (Å²) in [7, 11) is -7.93. The summed E-state index contributed by atoms with van der Waals surface area (Å²) in [6.45, 7) is -0.380. The Morgan fingerprint density at radius 1 is 1.12 bits per heavy atom. The highest BCUT2D eigenvalue weighted by Crippen LogP contribution is 2.38. The van der Waals surface area contributed by atoms with Gasteiger partial charge in [0, 0.05) is 17.0 Å². The average molecular weight is 417 g/mol. The normalized spacial score (nSPS) is 14.2. The summed E-state index contributed by atoms with van der Waals surface area (Å²) in [4.78, 5) is 10.8. The van der Waals surface area contributed by atoms with Gasteiger partial charge in [-0.25, -0.2) is 16.8 Å². The molecule has 0 unspecified atom stereocenters. The van der Waals surface area contributed by atoms with E-state index in [0.717, 1.165) is 18.4 Å². The molecule has 1 amide bonds. The zero-order valence-electron chi connectivity index (χ0n) is 13.3. The second kappa shape index (κ2) is 6.45. The van der Waals surface area contributed by atoms with Gasteiger partial charge in [-0.3, -0.25) is 9.52 Å². The number of fused-ring (bicyclic) bond motifs is 1. The van der Waals surface area contributed by atoms with Crippen LogP contribution in [-0.2, 0) is 24.7 Å². The number of anilines is 2. The van der Waals surface area contributed by atoms with Crippen LogP contribution in [-0.4, -0.2) is 35.6 Å². The number of sulfone groups is 1. The van der Waals surface area contributed by atoms with E-state index < -0.39 is 30.7 Å². The molecule has 0 bridgehead atoms. The Morgan fingerprint density at radius 3 is 2.38 bits per heavy atom. The number of rotatable bonds is 4. The molecule has 2 N–H and O–H groups in total. The molecular weight excluding hydrogens is 404 g/mol. The molecule has 2 aromatic rings. The minimum Gasteiger partial charge on any atom is -0.480 e. The third kappa shape index (κ3) is 3.76. The van der Waals surface area contributed by atoms with Gasteiger partial charge in [0.05, 0.1) is 10.6 Å². The highest BCUT2D eigenvalue weighted by Gasteiger charge is 2.29. The number of carbonyl (C=O) groups excluding carboxylic acids is 1. The van der Waals surface area contributed by atoms with Gasteiger partial charge in [-0.15, -0.1) is 0 Å². The minimum absolute atomic E-state index is 0.0272. The molecule has 1 aliphatic rings. The van der Waals surface area contributed by atoms with Crippen LogP contribution in [0.3, 0.4) is 0 Å². The highest BCUT2D eigenvalue weighted by atomic mass is 35.5. The number of carbonyl (C=O) groups is 1.